The van der Waals surface area contributed by atoms with Crippen LogP contribution in [0.15, 0.2) is 24.3 Å². The summed E-state index contributed by atoms with van der Waals surface area (Å²) >= 11 is 0. The summed E-state index contributed by atoms with van der Waals surface area (Å²) < 4.78 is 23.7. The van der Waals surface area contributed by atoms with Gasteiger partial charge in [0, 0.05) is 6.54 Å². The van der Waals surface area contributed by atoms with Gasteiger partial charge in [0.05, 0.1) is 19.3 Å². The van der Waals surface area contributed by atoms with Crippen LogP contribution in [0, 0.1) is 17.1 Å². The van der Waals surface area contributed by atoms with Gasteiger partial charge in [-0.05, 0) is 38.1 Å². The first-order valence-electron chi connectivity index (χ1n) is 6.67. The number of benzene rings is 1. The Morgan fingerprint density at radius 3 is 2.76 bits per heavy atom. The number of halogens is 1. The van der Waals surface area contributed by atoms with Gasteiger partial charge in [-0.3, -0.25) is 4.79 Å². The molecule has 1 unspecified atom stereocenters. The summed E-state index contributed by atoms with van der Waals surface area (Å²) in [7, 11) is 0. The quantitative estimate of drug-likeness (QED) is 0.851. The van der Waals surface area contributed by atoms with Crippen LogP contribution in [-0.2, 0) is 9.53 Å². The van der Waals surface area contributed by atoms with Gasteiger partial charge in [0.25, 0.3) is 5.91 Å². The van der Waals surface area contributed by atoms with E-state index in [9.17, 15) is 9.18 Å². The van der Waals surface area contributed by atoms with E-state index in [1.807, 2.05) is 0 Å². The van der Waals surface area contributed by atoms with Crippen LogP contribution < -0.4 is 4.74 Å². The Kier molecular flexibility index (Phi) is 4.43. The highest BCUT2D eigenvalue weighted by Gasteiger charge is 2.38. The number of morpholine rings is 1. The topological polar surface area (TPSA) is 62.6 Å². The van der Waals surface area contributed by atoms with Gasteiger partial charge in [-0.2, -0.15) is 5.26 Å². The third-order valence-corrected chi connectivity index (χ3v) is 3.24. The standard InChI is InChI=1S/C15H17FN2O3/c1-15(2,21-13-5-3-11(16)4-6-13)14(19)18-7-8-20-10-12(18)9-17/h3-6,12H,7-8,10H2,1-2H3. The number of amides is 1. The lowest BCUT2D eigenvalue weighted by atomic mass is 10.1. The van der Waals surface area contributed by atoms with Crippen LogP contribution in [0.5, 0.6) is 5.75 Å². The summed E-state index contributed by atoms with van der Waals surface area (Å²) in [5.41, 5.74) is -1.15. The first-order valence-corrected chi connectivity index (χ1v) is 6.67. The predicted molar refractivity (Wildman–Crippen MR) is 73.0 cm³/mol. The molecule has 0 saturated carbocycles. The highest BCUT2D eigenvalue weighted by Crippen LogP contribution is 2.22. The van der Waals surface area contributed by atoms with Crippen LogP contribution in [0.25, 0.3) is 0 Å². The minimum absolute atomic E-state index is 0.203. The molecule has 5 nitrogen and oxygen atoms in total. The average molecular weight is 292 g/mol. The van der Waals surface area contributed by atoms with Crippen molar-refractivity contribution in [3.05, 3.63) is 30.1 Å². The van der Waals surface area contributed by atoms with Crippen molar-refractivity contribution in [2.45, 2.75) is 25.5 Å². The molecule has 1 aliphatic rings. The van der Waals surface area contributed by atoms with Gasteiger partial charge in [0.2, 0.25) is 0 Å². The van der Waals surface area contributed by atoms with Crippen molar-refractivity contribution in [1.29, 1.82) is 5.26 Å². The van der Waals surface area contributed by atoms with Crippen molar-refractivity contribution in [2.24, 2.45) is 0 Å². The molecule has 0 bridgehead atoms. The molecule has 1 fully saturated rings. The van der Waals surface area contributed by atoms with Crippen LogP contribution in [0.4, 0.5) is 4.39 Å². The van der Waals surface area contributed by atoms with Gasteiger partial charge < -0.3 is 14.4 Å². The van der Waals surface area contributed by atoms with Crippen molar-refractivity contribution >= 4 is 5.91 Å². The molecule has 1 amide bonds. The van der Waals surface area contributed by atoms with Crippen molar-refractivity contribution in [1.82, 2.24) is 4.90 Å². The number of hydrogen-bond acceptors (Lipinski definition) is 4. The van der Waals surface area contributed by atoms with E-state index in [-0.39, 0.29) is 18.3 Å². The molecular weight excluding hydrogens is 275 g/mol. The van der Waals surface area contributed by atoms with E-state index in [4.69, 9.17) is 14.7 Å². The maximum Gasteiger partial charge on any atom is 0.267 e. The number of ether oxygens (including phenoxy) is 2. The molecule has 0 radical (unpaired) electrons. The third kappa shape index (κ3) is 3.50. The average Bonchev–Trinajstić information content (AvgIpc) is 2.48. The van der Waals surface area contributed by atoms with Gasteiger partial charge in [0.15, 0.2) is 5.60 Å². The fraction of sp³-hybridized carbons (Fsp3) is 0.467. The molecule has 0 spiro atoms. The molecule has 112 valence electrons. The highest BCUT2D eigenvalue weighted by atomic mass is 19.1. The first-order chi connectivity index (χ1) is 9.94. The number of hydrogen-bond donors (Lipinski definition) is 0. The minimum Gasteiger partial charge on any atom is -0.478 e. The van der Waals surface area contributed by atoms with E-state index in [2.05, 4.69) is 6.07 Å². The Morgan fingerprint density at radius 2 is 2.14 bits per heavy atom. The fourth-order valence-corrected chi connectivity index (χ4v) is 2.14. The summed E-state index contributed by atoms with van der Waals surface area (Å²) in [6.07, 6.45) is 0. The second-order valence-corrected chi connectivity index (χ2v) is 5.28. The van der Waals surface area contributed by atoms with Crippen LogP contribution in [0.3, 0.4) is 0 Å². The monoisotopic (exact) mass is 292 g/mol. The Bertz CT molecular complexity index is 551. The summed E-state index contributed by atoms with van der Waals surface area (Å²) in [6, 6.07) is 6.90. The molecule has 1 aromatic rings. The Hall–Kier alpha value is -2.13. The van der Waals surface area contributed by atoms with Crippen molar-refractivity contribution in [3.8, 4) is 11.8 Å². The molecular formula is C15H17FN2O3. The molecule has 21 heavy (non-hydrogen) atoms. The summed E-state index contributed by atoms with van der Waals surface area (Å²) in [6.45, 7) is 4.21. The van der Waals surface area contributed by atoms with E-state index >= 15 is 0 Å². The normalized spacial score (nSPS) is 19.0. The number of carbonyl (C=O) groups excluding carboxylic acids is 1. The smallest absolute Gasteiger partial charge is 0.267 e. The Morgan fingerprint density at radius 1 is 1.48 bits per heavy atom. The van der Waals surface area contributed by atoms with E-state index in [0.29, 0.717) is 18.9 Å². The molecule has 0 N–H and O–H groups in total. The molecule has 6 heteroatoms. The van der Waals surface area contributed by atoms with Crippen LogP contribution in [-0.4, -0.2) is 42.2 Å². The highest BCUT2D eigenvalue weighted by molar-refractivity contribution is 5.85. The zero-order valence-electron chi connectivity index (χ0n) is 12.0. The Balaban J connectivity index is 2.12. The fourth-order valence-electron chi connectivity index (χ4n) is 2.14. The molecule has 1 aromatic carbocycles. The minimum atomic E-state index is -1.15. The summed E-state index contributed by atoms with van der Waals surface area (Å²) in [4.78, 5) is 14.0. The van der Waals surface area contributed by atoms with Crippen molar-refractivity contribution in [2.75, 3.05) is 19.8 Å². The largest absolute Gasteiger partial charge is 0.478 e. The zero-order chi connectivity index (χ0) is 15.5. The van der Waals surface area contributed by atoms with Gasteiger partial charge >= 0.3 is 0 Å². The summed E-state index contributed by atoms with van der Waals surface area (Å²) in [5, 5.41) is 9.09. The van der Waals surface area contributed by atoms with E-state index < -0.39 is 11.6 Å². The molecule has 0 aliphatic carbocycles. The van der Waals surface area contributed by atoms with Crippen molar-refractivity contribution < 1.29 is 18.7 Å². The molecule has 1 saturated heterocycles. The van der Waals surface area contributed by atoms with Gasteiger partial charge in [-0.1, -0.05) is 0 Å². The maximum atomic E-state index is 12.9. The lowest BCUT2D eigenvalue weighted by Gasteiger charge is -2.37. The maximum absolute atomic E-state index is 12.9. The van der Waals surface area contributed by atoms with Crippen LogP contribution in [0.1, 0.15) is 13.8 Å². The SMILES string of the molecule is CC(C)(Oc1ccc(F)cc1)C(=O)N1CCOCC1C#N. The number of rotatable bonds is 3. The van der Waals surface area contributed by atoms with Crippen molar-refractivity contribution in [3.63, 3.8) is 0 Å². The second kappa shape index (κ2) is 6.10. The van der Waals surface area contributed by atoms with E-state index in [0.717, 1.165) is 0 Å². The third-order valence-electron chi connectivity index (χ3n) is 3.24. The van der Waals surface area contributed by atoms with E-state index in [1.165, 1.54) is 29.2 Å². The molecule has 0 aromatic heterocycles. The van der Waals surface area contributed by atoms with Gasteiger partial charge in [-0.15, -0.1) is 0 Å². The molecule has 1 aliphatic heterocycles. The number of nitrogens with zero attached hydrogens (tertiary/aromatic N) is 2. The Labute approximate surface area is 122 Å². The van der Waals surface area contributed by atoms with Gasteiger partial charge in [-0.25, -0.2) is 4.39 Å². The van der Waals surface area contributed by atoms with Gasteiger partial charge in [0.1, 0.15) is 17.6 Å². The first kappa shape index (κ1) is 15.3. The number of carbonyl (C=O) groups is 1. The van der Waals surface area contributed by atoms with Crippen LogP contribution in [0.2, 0.25) is 0 Å². The lowest BCUT2D eigenvalue weighted by molar-refractivity contribution is -0.152. The predicted octanol–water partition coefficient (Wildman–Crippen LogP) is 1.73. The molecule has 1 heterocycles. The zero-order valence-corrected chi connectivity index (χ0v) is 12.0. The van der Waals surface area contributed by atoms with Crippen LogP contribution >= 0.6 is 0 Å². The molecule has 2 rings (SSSR count). The van der Waals surface area contributed by atoms with E-state index in [1.54, 1.807) is 13.8 Å². The second-order valence-electron chi connectivity index (χ2n) is 5.28. The number of nitriles is 1. The summed E-state index contributed by atoms with van der Waals surface area (Å²) in [5.74, 6) is -0.262. The molecule has 1 atom stereocenters. The lowest BCUT2D eigenvalue weighted by Crippen LogP contribution is -2.56.